The zero-order valence-electron chi connectivity index (χ0n) is 6.99. The summed E-state index contributed by atoms with van der Waals surface area (Å²) in [6.45, 7) is 0. The van der Waals surface area contributed by atoms with Crippen LogP contribution in [0.4, 0.5) is 0 Å². The Hall–Kier alpha value is -0.260. The van der Waals surface area contributed by atoms with E-state index in [0.717, 1.165) is 0 Å². The second kappa shape index (κ2) is 2.87. The van der Waals surface area contributed by atoms with Gasteiger partial charge in [-0.05, 0) is 23.0 Å². The molecule has 2 rings (SSSR count). The molecule has 1 aromatic rings. The van der Waals surface area contributed by atoms with Gasteiger partial charge >= 0.3 is 0 Å². The van der Waals surface area contributed by atoms with Crippen molar-refractivity contribution in [3.63, 3.8) is 0 Å². The first-order valence-corrected chi connectivity index (χ1v) is 6.02. The lowest BCUT2D eigenvalue weighted by Crippen LogP contribution is -2.40. The van der Waals surface area contributed by atoms with Gasteiger partial charge < -0.3 is 0 Å². The first-order chi connectivity index (χ1) is 6.33. The Balaban J connectivity index is 2.79. The minimum absolute atomic E-state index is 0.122. The quantitative estimate of drug-likeness (QED) is 0.682. The molecule has 0 unspecified atom stereocenters. The molecule has 1 N–H and O–H groups in total. The molecule has 1 aliphatic rings. The first-order valence-electron chi connectivity index (χ1n) is 3.75. The molecule has 0 saturated heterocycles. The summed E-state index contributed by atoms with van der Waals surface area (Å²) in [5, 5.41) is -1.51. The second-order valence-electron chi connectivity index (χ2n) is 3.11. The van der Waals surface area contributed by atoms with Gasteiger partial charge in [-0.1, -0.05) is 22.0 Å². The third-order valence-electron chi connectivity index (χ3n) is 1.98. The Bertz CT molecular complexity index is 500. The smallest absolute Gasteiger partial charge is 0.218 e. The van der Waals surface area contributed by atoms with Crippen LogP contribution in [0.2, 0.25) is 0 Å². The van der Waals surface area contributed by atoms with Crippen molar-refractivity contribution in [2.45, 2.75) is 10.2 Å². The van der Waals surface area contributed by atoms with Crippen molar-refractivity contribution in [3.05, 3.63) is 28.2 Å². The SMILES string of the molecule is [B]C1([B])NS(=O)(=O)c2cc(Br)ccc21. The molecule has 4 radical (unpaired) electrons. The van der Waals surface area contributed by atoms with Crippen molar-refractivity contribution in [1.82, 2.24) is 4.72 Å². The molecule has 0 bridgehead atoms. The standard InChI is InChI=1S/C7H4B2BrNO2S/c8-7(9)5-2-1-4(10)3-6(5)14(12,13)11-7/h1-3,11H. The van der Waals surface area contributed by atoms with Crippen molar-refractivity contribution < 1.29 is 8.42 Å². The highest BCUT2D eigenvalue weighted by molar-refractivity contribution is 9.10. The number of fused-ring (bicyclic) bond motifs is 1. The van der Waals surface area contributed by atoms with Crippen molar-refractivity contribution in [2.75, 3.05) is 0 Å². The minimum atomic E-state index is -3.57. The summed E-state index contributed by atoms with van der Waals surface area (Å²) in [6, 6.07) is 4.74. The van der Waals surface area contributed by atoms with Crippen LogP contribution in [-0.4, -0.2) is 24.1 Å². The van der Waals surface area contributed by atoms with Crippen LogP contribution < -0.4 is 4.72 Å². The molecule has 7 heteroatoms. The van der Waals surface area contributed by atoms with E-state index in [0.29, 0.717) is 10.0 Å². The molecular weight excluding hydrogens is 264 g/mol. The number of rotatable bonds is 0. The molecule has 68 valence electrons. The van der Waals surface area contributed by atoms with E-state index < -0.39 is 15.4 Å². The van der Waals surface area contributed by atoms with E-state index in [9.17, 15) is 8.42 Å². The van der Waals surface area contributed by atoms with Crippen LogP contribution >= 0.6 is 15.9 Å². The normalized spacial score (nSPS) is 21.8. The average molecular weight is 268 g/mol. The fourth-order valence-corrected chi connectivity index (χ4v) is 3.38. The maximum Gasteiger partial charge on any atom is 0.240 e. The molecule has 0 amide bonds. The zero-order valence-corrected chi connectivity index (χ0v) is 9.39. The van der Waals surface area contributed by atoms with Crippen molar-refractivity contribution in [3.8, 4) is 0 Å². The zero-order chi connectivity index (χ0) is 10.6. The molecule has 0 spiro atoms. The van der Waals surface area contributed by atoms with Gasteiger partial charge in [0.05, 0.1) is 20.6 Å². The highest BCUT2D eigenvalue weighted by atomic mass is 79.9. The maximum absolute atomic E-state index is 11.5. The van der Waals surface area contributed by atoms with Gasteiger partial charge in [0.1, 0.15) is 0 Å². The topological polar surface area (TPSA) is 46.2 Å². The van der Waals surface area contributed by atoms with E-state index >= 15 is 0 Å². The summed E-state index contributed by atoms with van der Waals surface area (Å²) in [5.41, 5.74) is 0.376. The lowest BCUT2D eigenvalue weighted by molar-refractivity contribution is 0.585. The molecule has 0 aromatic heterocycles. The van der Waals surface area contributed by atoms with Gasteiger partial charge in [-0.2, -0.15) is 0 Å². The molecular formula is C7H4B2BrNO2S. The van der Waals surface area contributed by atoms with E-state index in [-0.39, 0.29) is 4.90 Å². The maximum atomic E-state index is 11.5. The predicted molar refractivity (Wildman–Crippen MR) is 57.6 cm³/mol. The lowest BCUT2D eigenvalue weighted by atomic mass is 9.59. The van der Waals surface area contributed by atoms with Crippen LogP contribution in [0.3, 0.4) is 0 Å². The number of benzene rings is 1. The number of hydrogen-bond acceptors (Lipinski definition) is 2. The minimum Gasteiger partial charge on any atom is -0.218 e. The lowest BCUT2D eigenvalue weighted by Gasteiger charge is -2.18. The molecule has 1 aliphatic heterocycles. The van der Waals surface area contributed by atoms with Crippen molar-refractivity contribution >= 4 is 41.6 Å². The van der Waals surface area contributed by atoms with Crippen LogP contribution in [-0.2, 0) is 15.4 Å². The van der Waals surface area contributed by atoms with Crippen molar-refractivity contribution in [1.29, 1.82) is 0 Å². The molecule has 0 aliphatic carbocycles. The Morgan fingerprint density at radius 3 is 2.64 bits per heavy atom. The van der Waals surface area contributed by atoms with Crippen molar-refractivity contribution in [2.24, 2.45) is 0 Å². The van der Waals surface area contributed by atoms with E-state index in [1.807, 2.05) is 0 Å². The Morgan fingerprint density at radius 1 is 1.36 bits per heavy atom. The van der Waals surface area contributed by atoms with Gasteiger partial charge in [0.25, 0.3) is 0 Å². The third kappa shape index (κ3) is 1.43. The third-order valence-corrected chi connectivity index (χ3v) is 4.00. The fraction of sp³-hybridized carbons (Fsp3) is 0.143. The molecule has 14 heavy (non-hydrogen) atoms. The van der Waals surface area contributed by atoms with Crippen LogP contribution in [0, 0.1) is 0 Å². The van der Waals surface area contributed by atoms with Crippen LogP contribution in [0.15, 0.2) is 27.6 Å². The Kier molecular flexibility index (Phi) is 2.10. The summed E-state index contributed by atoms with van der Waals surface area (Å²) in [4.78, 5) is 0.122. The van der Waals surface area contributed by atoms with Gasteiger partial charge in [0.2, 0.25) is 10.0 Å². The average Bonchev–Trinajstić information content (AvgIpc) is 2.17. The second-order valence-corrected chi connectivity index (χ2v) is 5.68. The Labute approximate surface area is 93.3 Å². The number of hydrogen-bond donors (Lipinski definition) is 1. The van der Waals surface area contributed by atoms with Gasteiger partial charge in [-0.3, -0.25) is 0 Å². The van der Waals surface area contributed by atoms with Crippen LogP contribution in [0.25, 0.3) is 0 Å². The summed E-state index contributed by atoms with van der Waals surface area (Å²) in [7, 11) is 7.61. The first kappa shape index (κ1) is 10.3. The summed E-state index contributed by atoms with van der Waals surface area (Å²) < 4.78 is 25.9. The monoisotopic (exact) mass is 267 g/mol. The summed E-state index contributed by atoms with van der Waals surface area (Å²) in [6.07, 6.45) is 0. The Morgan fingerprint density at radius 2 is 2.00 bits per heavy atom. The van der Waals surface area contributed by atoms with Gasteiger partial charge in [0.15, 0.2) is 0 Å². The highest BCUT2D eigenvalue weighted by Gasteiger charge is 2.38. The fourth-order valence-electron chi connectivity index (χ4n) is 1.39. The molecule has 0 fully saturated rings. The van der Waals surface area contributed by atoms with Gasteiger partial charge in [0, 0.05) is 4.47 Å². The van der Waals surface area contributed by atoms with Gasteiger partial charge in [-0.25, -0.2) is 13.1 Å². The molecule has 0 saturated carbocycles. The van der Waals surface area contributed by atoms with E-state index in [1.54, 1.807) is 12.1 Å². The number of halogens is 1. The number of sulfonamides is 1. The number of nitrogens with one attached hydrogen (secondary N) is 1. The molecule has 1 aromatic carbocycles. The molecule has 0 atom stereocenters. The van der Waals surface area contributed by atoms with E-state index in [2.05, 4.69) is 20.7 Å². The molecule has 3 nitrogen and oxygen atoms in total. The predicted octanol–water partition coefficient (Wildman–Crippen LogP) is 0.188. The molecule has 1 heterocycles. The van der Waals surface area contributed by atoms with Crippen LogP contribution in [0.5, 0.6) is 0 Å². The van der Waals surface area contributed by atoms with E-state index in [4.69, 9.17) is 15.7 Å². The van der Waals surface area contributed by atoms with Crippen LogP contribution in [0.1, 0.15) is 5.56 Å². The largest absolute Gasteiger partial charge is 0.240 e. The van der Waals surface area contributed by atoms with Gasteiger partial charge in [-0.15, -0.1) is 0 Å². The van der Waals surface area contributed by atoms with E-state index in [1.165, 1.54) is 6.07 Å². The summed E-state index contributed by atoms with van der Waals surface area (Å²) in [5.74, 6) is 0. The highest BCUT2D eigenvalue weighted by Crippen LogP contribution is 2.33. The summed E-state index contributed by atoms with van der Waals surface area (Å²) >= 11 is 3.18.